The minimum atomic E-state index is 0.434. The summed E-state index contributed by atoms with van der Waals surface area (Å²) in [5.41, 5.74) is 0.434. The summed E-state index contributed by atoms with van der Waals surface area (Å²) in [5, 5.41) is 0. The van der Waals surface area contributed by atoms with Crippen LogP contribution >= 0.6 is 0 Å². The fourth-order valence-corrected chi connectivity index (χ4v) is 1.68. The molecule has 0 saturated carbocycles. The third kappa shape index (κ3) is 2.48. The van der Waals surface area contributed by atoms with Gasteiger partial charge < -0.3 is 0 Å². The van der Waals surface area contributed by atoms with E-state index in [0.717, 1.165) is 0 Å². The van der Waals surface area contributed by atoms with Gasteiger partial charge in [0, 0.05) is 5.54 Å². The lowest BCUT2D eigenvalue weighted by Gasteiger charge is -2.39. The van der Waals surface area contributed by atoms with Gasteiger partial charge in [-0.1, -0.05) is 27.7 Å². The van der Waals surface area contributed by atoms with E-state index in [-0.39, 0.29) is 0 Å². The van der Waals surface area contributed by atoms with Crippen molar-refractivity contribution in [1.29, 1.82) is 0 Å². The van der Waals surface area contributed by atoms with Gasteiger partial charge in [-0.2, -0.15) is 0 Å². The highest BCUT2D eigenvalue weighted by Gasteiger charge is 2.24. The van der Waals surface area contributed by atoms with Gasteiger partial charge >= 0.3 is 0 Å². The van der Waals surface area contributed by atoms with Crippen LogP contribution in [0.25, 0.3) is 0 Å². The highest BCUT2D eigenvalue weighted by Crippen LogP contribution is 2.22. The predicted octanol–water partition coefficient (Wildman–Crippen LogP) is 2.91. The molecule has 0 rings (SSSR count). The first kappa shape index (κ1) is 11.0. The van der Waals surface area contributed by atoms with Gasteiger partial charge in [-0.15, -0.1) is 0 Å². The summed E-state index contributed by atoms with van der Waals surface area (Å²) in [5.74, 6) is 0. The van der Waals surface area contributed by atoms with Crippen LogP contribution in [0.3, 0.4) is 0 Å². The number of nitrogens with zero attached hydrogens (tertiary/aromatic N) is 1. The Morgan fingerprint density at radius 2 is 1.27 bits per heavy atom. The molecule has 0 unspecified atom stereocenters. The van der Waals surface area contributed by atoms with E-state index < -0.39 is 0 Å². The molecule has 0 radical (unpaired) electrons. The van der Waals surface area contributed by atoms with E-state index in [0.29, 0.717) is 5.54 Å². The summed E-state index contributed by atoms with van der Waals surface area (Å²) in [7, 11) is 0. The van der Waals surface area contributed by atoms with Crippen LogP contribution in [-0.2, 0) is 0 Å². The molecule has 68 valence electrons. The first-order valence-electron chi connectivity index (χ1n) is 4.89. The third-order valence-electron chi connectivity index (χ3n) is 3.05. The average molecular weight is 157 g/mol. The van der Waals surface area contributed by atoms with Crippen LogP contribution in [0.2, 0.25) is 0 Å². The van der Waals surface area contributed by atoms with E-state index in [1.165, 1.54) is 25.9 Å². The van der Waals surface area contributed by atoms with Crippen molar-refractivity contribution in [3.05, 3.63) is 0 Å². The van der Waals surface area contributed by atoms with Gasteiger partial charge in [0.1, 0.15) is 0 Å². The Bertz CT molecular complexity index is 91.0. The molecular weight excluding hydrogens is 134 g/mol. The lowest BCUT2D eigenvalue weighted by atomic mass is 9.93. The minimum absolute atomic E-state index is 0.434. The number of hydrogen-bond acceptors (Lipinski definition) is 1. The number of hydrogen-bond donors (Lipinski definition) is 0. The summed E-state index contributed by atoms with van der Waals surface area (Å²) in [4.78, 5) is 2.55. The maximum absolute atomic E-state index is 2.55. The summed E-state index contributed by atoms with van der Waals surface area (Å²) >= 11 is 0. The highest BCUT2D eigenvalue weighted by molar-refractivity contribution is 4.81. The highest BCUT2D eigenvalue weighted by atomic mass is 15.2. The molecule has 0 heterocycles. The summed E-state index contributed by atoms with van der Waals surface area (Å²) in [6, 6.07) is 0. The zero-order valence-electron chi connectivity index (χ0n) is 8.78. The monoisotopic (exact) mass is 157 g/mol. The van der Waals surface area contributed by atoms with Crippen LogP contribution in [0, 0.1) is 0 Å². The predicted molar refractivity (Wildman–Crippen MR) is 51.9 cm³/mol. The molecule has 0 aliphatic rings. The van der Waals surface area contributed by atoms with Crippen molar-refractivity contribution in [2.45, 2.75) is 53.0 Å². The number of rotatable bonds is 5. The first-order valence-corrected chi connectivity index (χ1v) is 4.89. The van der Waals surface area contributed by atoms with Crippen molar-refractivity contribution in [3.63, 3.8) is 0 Å². The summed E-state index contributed by atoms with van der Waals surface area (Å²) in [6.45, 7) is 13.8. The molecule has 0 bridgehead atoms. The normalized spacial score (nSPS) is 12.5. The standard InChI is InChI=1S/C10H23N/c1-6-10(5,7-2)11(8-3)9-4/h6-9H2,1-5H3. The molecule has 0 spiro atoms. The van der Waals surface area contributed by atoms with Crippen molar-refractivity contribution >= 4 is 0 Å². The van der Waals surface area contributed by atoms with Gasteiger partial charge in [0.2, 0.25) is 0 Å². The zero-order valence-corrected chi connectivity index (χ0v) is 8.78. The van der Waals surface area contributed by atoms with E-state index in [1.807, 2.05) is 0 Å². The van der Waals surface area contributed by atoms with Gasteiger partial charge in [-0.25, -0.2) is 0 Å². The second-order valence-corrected chi connectivity index (χ2v) is 3.38. The lowest BCUT2D eigenvalue weighted by Crippen LogP contribution is -2.45. The molecule has 1 heteroatoms. The Hall–Kier alpha value is -0.0400. The van der Waals surface area contributed by atoms with Crippen LogP contribution in [-0.4, -0.2) is 23.5 Å². The molecule has 0 aromatic carbocycles. The maximum Gasteiger partial charge on any atom is 0.0175 e. The fraction of sp³-hybridized carbons (Fsp3) is 1.00. The van der Waals surface area contributed by atoms with Crippen LogP contribution in [0.1, 0.15) is 47.5 Å². The van der Waals surface area contributed by atoms with E-state index in [4.69, 9.17) is 0 Å². The topological polar surface area (TPSA) is 3.24 Å². The van der Waals surface area contributed by atoms with Gasteiger partial charge in [0.05, 0.1) is 0 Å². The van der Waals surface area contributed by atoms with Gasteiger partial charge in [-0.3, -0.25) is 4.90 Å². The molecule has 1 nitrogen and oxygen atoms in total. The average Bonchev–Trinajstić information content (AvgIpc) is 2.06. The van der Waals surface area contributed by atoms with Crippen molar-refractivity contribution in [2.24, 2.45) is 0 Å². The van der Waals surface area contributed by atoms with Gasteiger partial charge in [0.15, 0.2) is 0 Å². The van der Waals surface area contributed by atoms with Crippen molar-refractivity contribution in [3.8, 4) is 0 Å². The molecule has 0 aliphatic carbocycles. The third-order valence-corrected chi connectivity index (χ3v) is 3.05. The largest absolute Gasteiger partial charge is 0.299 e. The van der Waals surface area contributed by atoms with Crippen molar-refractivity contribution < 1.29 is 0 Å². The van der Waals surface area contributed by atoms with Crippen LogP contribution in [0.15, 0.2) is 0 Å². The quantitative estimate of drug-likeness (QED) is 0.593. The molecule has 11 heavy (non-hydrogen) atoms. The Morgan fingerprint density at radius 3 is 1.36 bits per heavy atom. The van der Waals surface area contributed by atoms with Crippen LogP contribution < -0.4 is 0 Å². The Balaban J connectivity index is 4.19. The molecular formula is C10H23N. The lowest BCUT2D eigenvalue weighted by molar-refractivity contribution is 0.108. The molecule has 0 fully saturated rings. The molecule has 0 aliphatic heterocycles. The second-order valence-electron chi connectivity index (χ2n) is 3.38. The molecule has 0 aromatic rings. The van der Waals surface area contributed by atoms with E-state index in [1.54, 1.807) is 0 Å². The molecule has 0 aromatic heterocycles. The van der Waals surface area contributed by atoms with Gasteiger partial charge in [0.25, 0.3) is 0 Å². The van der Waals surface area contributed by atoms with Gasteiger partial charge in [-0.05, 0) is 32.9 Å². The van der Waals surface area contributed by atoms with Crippen molar-refractivity contribution in [2.75, 3.05) is 13.1 Å². The summed E-state index contributed by atoms with van der Waals surface area (Å²) < 4.78 is 0. The molecule has 0 N–H and O–H groups in total. The second kappa shape index (κ2) is 4.76. The molecule has 0 saturated heterocycles. The Labute approximate surface area is 71.8 Å². The zero-order chi connectivity index (χ0) is 8.91. The SMILES string of the molecule is CCN(CC)C(C)(CC)CC. The smallest absolute Gasteiger partial charge is 0.0175 e. The fourth-order valence-electron chi connectivity index (χ4n) is 1.68. The van der Waals surface area contributed by atoms with Crippen LogP contribution in [0.4, 0.5) is 0 Å². The van der Waals surface area contributed by atoms with Crippen LogP contribution in [0.5, 0.6) is 0 Å². The maximum atomic E-state index is 2.55. The summed E-state index contributed by atoms with van der Waals surface area (Å²) in [6.07, 6.45) is 2.51. The Morgan fingerprint density at radius 1 is 0.909 bits per heavy atom. The Kier molecular flexibility index (Phi) is 4.74. The van der Waals surface area contributed by atoms with E-state index in [9.17, 15) is 0 Å². The molecule has 0 atom stereocenters. The van der Waals surface area contributed by atoms with Crippen molar-refractivity contribution in [1.82, 2.24) is 4.90 Å². The van der Waals surface area contributed by atoms with E-state index >= 15 is 0 Å². The molecule has 0 amide bonds. The minimum Gasteiger partial charge on any atom is -0.299 e. The van der Waals surface area contributed by atoms with E-state index in [2.05, 4.69) is 39.5 Å². The first-order chi connectivity index (χ1) is 5.14.